The zero-order valence-electron chi connectivity index (χ0n) is 11.2. The summed E-state index contributed by atoms with van der Waals surface area (Å²) in [4.78, 5) is 3.19. The molecule has 0 unspecified atom stereocenters. The molecular weight excluding hydrogens is 259 g/mol. The fourth-order valence-corrected chi connectivity index (χ4v) is 3.41. The molecule has 0 fully saturated rings. The van der Waals surface area contributed by atoms with Crippen LogP contribution in [0.4, 0.5) is 4.39 Å². The second-order valence-electron chi connectivity index (χ2n) is 4.52. The number of hydrogen-bond donors (Lipinski definition) is 1. The first-order chi connectivity index (χ1) is 9.17. The van der Waals surface area contributed by atoms with E-state index in [1.54, 1.807) is 17.4 Å². The molecule has 0 saturated heterocycles. The van der Waals surface area contributed by atoms with Gasteiger partial charge in [-0.1, -0.05) is 12.0 Å². The number of fused-ring (bicyclic) bond motifs is 1. The second kappa shape index (κ2) is 6.16. The number of benzene rings is 1. The van der Waals surface area contributed by atoms with E-state index in [-0.39, 0.29) is 5.82 Å². The minimum absolute atomic E-state index is 0.153. The number of thiophene rings is 1. The van der Waals surface area contributed by atoms with Crippen molar-refractivity contribution in [2.45, 2.75) is 13.1 Å². The van der Waals surface area contributed by atoms with Gasteiger partial charge in [-0.15, -0.1) is 17.8 Å². The Balaban J connectivity index is 2.48. The van der Waals surface area contributed by atoms with Gasteiger partial charge in [-0.2, -0.15) is 0 Å². The van der Waals surface area contributed by atoms with Crippen molar-refractivity contribution in [3.63, 3.8) is 0 Å². The van der Waals surface area contributed by atoms with E-state index < -0.39 is 0 Å². The molecule has 1 N–H and O–H groups in total. The second-order valence-corrected chi connectivity index (χ2v) is 5.66. The first kappa shape index (κ1) is 14.0. The molecule has 2 nitrogen and oxygen atoms in total. The van der Waals surface area contributed by atoms with Gasteiger partial charge in [0, 0.05) is 28.1 Å². The van der Waals surface area contributed by atoms with Crippen LogP contribution in [0.15, 0.2) is 18.2 Å². The van der Waals surface area contributed by atoms with Crippen molar-refractivity contribution in [2.75, 3.05) is 20.6 Å². The van der Waals surface area contributed by atoms with Gasteiger partial charge in [0.25, 0.3) is 0 Å². The average molecular weight is 276 g/mol. The van der Waals surface area contributed by atoms with Crippen LogP contribution in [-0.4, -0.2) is 25.5 Å². The van der Waals surface area contributed by atoms with Crippen molar-refractivity contribution in [1.82, 2.24) is 10.2 Å². The third-order valence-electron chi connectivity index (χ3n) is 2.97. The van der Waals surface area contributed by atoms with Crippen LogP contribution in [0.5, 0.6) is 0 Å². The number of hydrogen-bond acceptors (Lipinski definition) is 3. The topological polar surface area (TPSA) is 15.3 Å². The standard InChI is InChI=1S/C15H17FN2S/c1-4-8-18(3)10-11-14(9-17-2)19-13-7-5-6-12(16)15(11)13/h1,5-7,17H,8-10H2,2-3H3. The fraction of sp³-hybridized carbons (Fsp3) is 0.333. The molecule has 0 saturated carbocycles. The Kier molecular flexibility index (Phi) is 4.54. The molecule has 1 aromatic carbocycles. The van der Waals surface area contributed by atoms with Gasteiger partial charge in [0.05, 0.1) is 6.54 Å². The van der Waals surface area contributed by atoms with Crippen LogP contribution in [0.25, 0.3) is 10.1 Å². The van der Waals surface area contributed by atoms with Crippen molar-refractivity contribution in [3.8, 4) is 12.3 Å². The summed E-state index contributed by atoms with van der Waals surface area (Å²) in [7, 11) is 3.85. The number of rotatable bonds is 5. The Bertz CT molecular complexity index is 612. The minimum Gasteiger partial charge on any atom is -0.315 e. The zero-order valence-corrected chi connectivity index (χ0v) is 12.0. The van der Waals surface area contributed by atoms with Gasteiger partial charge in [-0.25, -0.2) is 4.39 Å². The lowest BCUT2D eigenvalue weighted by Gasteiger charge is -2.14. The minimum atomic E-state index is -0.153. The van der Waals surface area contributed by atoms with E-state index in [2.05, 4.69) is 11.2 Å². The molecule has 100 valence electrons. The van der Waals surface area contributed by atoms with Crippen LogP contribution in [0.2, 0.25) is 0 Å². The predicted octanol–water partition coefficient (Wildman–Crippen LogP) is 2.82. The monoisotopic (exact) mass is 276 g/mol. The lowest BCUT2D eigenvalue weighted by Crippen LogP contribution is -2.19. The van der Waals surface area contributed by atoms with Crippen molar-refractivity contribution < 1.29 is 4.39 Å². The van der Waals surface area contributed by atoms with Gasteiger partial charge >= 0.3 is 0 Å². The van der Waals surface area contributed by atoms with E-state index >= 15 is 0 Å². The molecule has 0 aliphatic rings. The smallest absolute Gasteiger partial charge is 0.132 e. The summed E-state index contributed by atoms with van der Waals surface area (Å²) in [5.74, 6) is 2.46. The quantitative estimate of drug-likeness (QED) is 0.845. The summed E-state index contributed by atoms with van der Waals surface area (Å²) in [6, 6.07) is 5.24. The van der Waals surface area contributed by atoms with Gasteiger partial charge in [-0.3, -0.25) is 4.90 Å². The van der Waals surface area contributed by atoms with E-state index in [9.17, 15) is 4.39 Å². The van der Waals surface area contributed by atoms with Crippen molar-refractivity contribution in [1.29, 1.82) is 0 Å². The maximum absolute atomic E-state index is 14.1. The highest BCUT2D eigenvalue weighted by atomic mass is 32.1. The molecule has 1 aromatic heterocycles. The first-order valence-electron chi connectivity index (χ1n) is 6.12. The highest BCUT2D eigenvalue weighted by molar-refractivity contribution is 7.19. The third-order valence-corrected chi connectivity index (χ3v) is 4.17. The third kappa shape index (κ3) is 2.95. The summed E-state index contributed by atoms with van der Waals surface area (Å²) in [5.41, 5.74) is 1.05. The molecule has 0 aliphatic carbocycles. The summed E-state index contributed by atoms with van der Waals surface area (Å²) in [6.07, 6.45) is 5.32. The Morgan fingerprint density at radius 1 is 1.47 bits per heavy atom. The average Bonchev–Trinajstić information content (AvgIpc) is 2.70. The molecule has 19 heavy (non-hydrogen) atoms. The lowest BCUT2D eigenvalue weighted by molar-refractivity contribution is 0.369. The van der Waals surface area contributed by atoms with Crippen LogP contribution in [-0.2, 0) is 13.1 Å². The summed E-state index contributed by atoms with van der Waals surface area (Å²) >= 11 is 1.64. The Morgan fingerprint density at radius 3 is 2.95 bits per heavy atom. The Hall–Kier alpha value is -1.41. The van der Waals surface area contributed by atoms with Gasteiger partial charge in [-0.05, 0) is 31.8 Å². The molecule has 0 atom stereocenters. The Morgan fingerprint density at radius 2 is 2.26 bits per heavy atom. The highest BCUT2D eigenvalue weighted by Gasteiger charge is 2.16. The molecule has 0 bridgehead atoms. The maximum Gasteiger partial charge on any atom is 0.132 e. The molecule has 0 spiro atoms. The molecule has 2 aromatic rings. The van der Waals surface area contributed by atoms with Gasteiger partial charge < -0.3 is 5.32 Å². The lowest BCUT2D eigenvalue weighted by atomic mass is 10.1. The van der Waals surface area contributed by atoms with E-state index in [0.717, 1.165) is 22.2 Å². The predicted molar refractivity (Wildman–Crippen MR) is 79.7 cm³/mol. The van der Waals surface area contributed by atoms with E-state index in [1.807, 2.05) is 25.1 Å². The van der Waals surface area contributed by atoms with Crippen molar-refractivity contribution in [3.05, 3.63) is 34.5 Å². The van der Waals surface area contributed by atoms with Crippen LogP contribution in [0.3, 0.4) is 0 Å². The molecular formula is C15H17FN2S. The van der Waals surface area contributed by atoms with Crippen LogP contribution < -0.4 is 5.32 Å². The summed E-state index contributed by atoms with van der Waals surface area (Å²) < 4.78 is 15.1. The van der Waals surface area contributed by atoms with Gasteiger partial charge in [0.2, 0.25) is 0 Å². The van der Waals surface area contributed by atoms with Crippen LogP contribution in [0.1, 0.15) is 10.4 Å². The van der Waals surface area contributed by atoms with Crippen molar-refractivity contribution >= 4 is 21.4 Å². The number of halogens is 1. The van der Waals surface area contributed by atoms with E-state index in [4.69, 9.17) is 6.42 Å². The molecule has 0 aliphatic heterocycles. The molecule has 2 rings (SSSR count). The molecule has 0 amide bonds. The zero-order chi connectivity index (χ0) is 13.8. The van der Waals surface area contributed by atoms with Crippen molar-refractivity contribution in [2.24, 2.45) is 0 Å². The first-order valence-corrected chi connectivity index (χ1v) is 6.94. The molecule has 0 radical (unpaired) electrons. The highest BCUT2D eigenvalue weighted by Crippen LogP contribution is 2.33. The summed E-state index contributed by atoms with van der Waals surface area (Å²) in [6.45, 7) is 1.98. The summed E-state index contributed by atoms with van der Waals surface area (Å²) in [5, 5.41) is 3.88. The number of terminal acetylenes is 1. The fourth-order valence-electron chi connectivity index (χ4n) is 2.17. The van der Waals surface area contributed by atoms with Gasteiger partial charge in [0.15, 0.2) is 0 Å². The Labute approximate surface area is 117 Å². The molecule has 1 heterocycles. The SMILES string of the molecule is C#CCN(C)Cc1c(CNC)sc2cccc(F)c12. The molecule has 4 heteroatoms. The van der Waals surface area contributed by atoms with Crippen LogP contribution in [0, 0.1) is 18.2 Å². The number of nitrogens with zero attached hydrogens (tertiary/aromatic N) is 1. The van der Waals surface area contributed by atoms with Gasteiger partial charge in [0.1, 0.15) is 5.82 Å². The maximum atomic E-state index is 14.1. The normalized spacial score (nSPS) is 11.1. The largest absolute Gasteiger partial charge is 0.315 e. The van der Waals surface area contributed by atoms with E-state index in [1.165, 1.54) is 10.9 Å². The van der Waals surface area contributed by atoms with Crippen LogP contribution >= 0.6 is 11.3 Å². The number of nitrogens with one attached hydrogen (secondary N) is 1. The van der Waals surface area contributed by atoms with E-state index in [0.29, 0.717) is 13.1 Å².